The van der Waals surface area contributed by atoms with Crippen molar-refractivity contribution < 1.29 is 23.7 Å². The summed E-state index contributed by atoms with van der Waals surface area (Å²) < 4.78 is 22.1. The standard InChI is InChI=1S/C25H39N3O5/c1-30-23-6-5-19(13-24(23)31-2)15-28-17-20(16-27-7-10-32-11-8-27)12-21(18-28)25(29)26-14-22-4-3-9-33-22/h5-6,13,20-22H,3-4,7-12,14-18H2,1-2H3,(H,26,29)/t20-,21-,22-/m1/s1. The van der Waals surface area contributed by atoms with E-state index >= 15 is 0 Å². The first-order valence-electron chi connectivity index (χ1n) is 12.3. The Morgan fingerprint density at radius 3 is 2.64 bits per heavy atom. The second-order valence-corrected chi connectivity index (χ2v) is 9.48. The molecular formula is C25H39N3O5. The number of amides is 1. The van der Waals surface area contributed by atoms with E-state index in [1.165, 1.54) is 0 Å². The molecule has 0 unspecified atom stereocenters. The molecule has 3 saturated heterocycles. The van der Waals surface area contributed by atoms with E-state index in [0.29, 0.717) is 12.5 Å². The molecule has 1 N–H and O–H groups in total. The molecule has 33 heavy (non-hydrogen) atoms. The highest BCUT2D eigenvalue weighted by Crippen LogP contribution is 2.30. The molecule has 8 nitrogen and oxygen atoms in total. The maximum Gasteiger partial charge on any atom is 0.224 e. The predicted molar refractivity (Wildman–Crippen MR) is 126 cm³/mol. The number of nitrogens with zero attached hydrogens (tertiary/aromatic N) is 2. The van der Waals surface area contributed by atoms with Gasteiger partial charge in [-0.2, -0.15) is 0 Å². The second kappa shape index (κ2) is 12.0. The molecule has 0 bridgehead atoms. The van der Waals surface area contributed by atoms with Crippen molar-refractivity contribution in [2.45, 2.75) is 31.9 Å². The van der Waals surface area contributed by atoms with Gasteiger partial charge >= 0.3 is 0 Å². The Morgan fingerprint density at radius 1 is 1.09 bits per heavy atom. The van der Waals surface area contributed by atoms with Crippen LogP contribution in [-0.2, 0) is 20.8 Å². The van der Waals surface area contributed by atoms with Crippen LogP contribution >= 0.6 is 0 Å². The Morgan fingerprint density at radius 2 is 1.91 bits per heavy atom. The maximum absolute atomic E-state index is 13.1. The highest BCUT2D eigenvalue weighted by Gasteiger charge is 2.33. The van der Waals surface area contributed by atoms with Gasteiger partial charge in [0.15, 0.2) is 11.5 Å². The minimum Gasteiger partial charge on any atom is -0.493 e. The summed E-state index contributed by atoms with van der Waals surface area (Å²) in [6.07, 6.45) is 3.22. The van der Waals surface area contributed by atoms with Crippen LogP contribution in [0, 0.1) is 11.8 Å². The normalized spacial score (nSPS) is 26.8. The molecule has 4 rings (SSSR count). The van der Waals surface area contributed by atoms with Crippen molar-refractivity contribution in [1.29, 1.82) is 0 Å². The molecule has 1 aromatic rings. The number of hydrogen-bond acceptors (Lipinski definition) is 7. The van der Waals surface area contributed by atoms with Gasteiger partial charge in [0.1, 0.15) is 0 Å². The van der Waals surface area contributed by atoms with Crippen molar-refractivity contribution in [3.8, 4) is 11.5 Å². The first kappa shape index (κ1) is 24.3. The number of methoxy groups -OCH3 is 2. The van der Waals surface area contributed by atoms with E-state index in [-0.39, 0.29) is 17.9 Å². The van der Waals surface area contributed by atoms with Crippen LogP contribution in [0.15, 0.2) is 18.2 Å². The molecule has 8 heteroatoms. The first-order chi connectivity index (χ1) is 16.1. The fourth-order valence-corrected chi connectivity index (χ4v) is 5.30. The molecule has 3 heterocycles. The van der Waals surface area contributed by atoms with Gasteiger partial charge in [0.25, 0.3) is 0 Å². The lowest BCUT2D eigenvalue weighted by Gasteiger charge is -2.40. The largest absolute Gasteiger partial charge is 0.493 e. The monoisotopic (exact) mass is 461 g/mol. The van der Waals surface area contributed by atoms with Crippen LogP contribution in [-0.4, -0.2) is 95.1 Å². The van der Waals surface area contributed by atoms with Crippen LogP contribution in [0.5, 0.6) is 11.5 Å². The molecule has 184 valence electrons. The van der Waals surface area contributed by atoms with Gasteiger partial charge in [-0.15, -0.1) is 0 Å². The molecule has 0 saturated carbocycles. The van der Waals surface area contributed by atoms with Gasteiger partial charge in [0, 0.05) is 52.4 Å². The van der Waals surface area contributed by atoms with E-state index in [9.17, 15) is 4.79 Å². The number of piperidine rings is 1. The summed E-state index contributed by atoms with van der Waals surface area (Å²) in [5.41, 5.74) is 1.16. The smallest absolute Gasteiger partial charge is 0.224 e. The topological polar surface area (TPSA) is 72.5 Å². The molecule has 0 spiro atoms. The number of carbonyl (C=O) groups is 1. The van der Waals surface area contributed by atoms with Gasteiger partial charge in [-0.25, -0.2) is 0 Å². The molecule has 3 atom stereocenters. The van der Waals surface area contributed by atoms with Gasteiger partial charge in [-0.05, 0) is 42.9 Å². The highest BCUT2D eigenvalue weighted by molar-refractivity contribution is 5.79. The van der Waals surface area contributed by atoms with Gasteiger partial charge < -0.3 is 24.3 Å². The minimum absolute atomic E-state index is 0.00802. The quantitative estimate of drug-likeness (QED) is 0.601. The SMILES string of the molecule is COc1ccc(CN2C[C@@H](CN3CCOCC3)C[C@@H](C(=O)NC[C@H]3CCCO3)C2)cc1OC. The number of rotatable bonds is 9. The van der Waals surface area contributed by atoms with E-state index in [2.05, 4.69) is 21.2 Å². The molecule has 1 aromatic carbocycles. The molecule has 0 aliphatic carbocycles. The Hall–Kier alpha value is -1.87. The Labute approximate surface area is 197 Å². The fourth-order valence-electron chi connectivity index (χ4n) is 5.30. The van der Waals surface area contributed by atoms with Crippen LogP contribution in [0.25, 0.3) is 0 Å². The van der Waals surface area contributed by atoms with Crippen molar-refractivity contribution in [1.82, 2.24) is 15.1 Å². The zero-order chi connectivity index (χ0) is 23.0. The number of ether oxygens (including phenoxy) is 4. The summed E-state index contributed by atoms with van der Waals surface area (Å²) in [6, 6.07) is 6.07. The average Bonchev–Trinajstić information content (AvgIpc) is 3.36. The first-order valence-corrected chi connectivity index (χ1v) is 12.3. The lowest BCUT2D eigenvalue weighted by atomic mass is 9.87. The third-order valence-corrected chi connectivity index (χ3v) is 6.99. The number of morpholine rings is 1. The molecule has 3 aliphatic heterocycles. The van der Waals surface area contributed by atoms with Crippen LogP contribution in [0.2, 0.25) is 0 Å². The number of hydrogen-bond donors (Lipinski definition) is 1. The lowest BCUT2D eigenvalue weighted by molar-refractivity contribution is -0.128. The van der Waals surface area contributed by atoms with Crippen LogP contribution < -0.4 is 14.8 Å². The zero-order valence-corrected chi connectivity index (χ0v) is 20.1. The van der Waals surface area contributed by atoms with Crippen molar-refractivity contribution in [3.05, 3.63) is 23.8 Å². The third-order valence-electron chi connectivity index (χ3n) is 6.99. The van der Waals surface area contributed by atoms with Gasteiger partial charge in [-0.3, -0.25) is 14.6 Å². The van der Waals surface area contributed by atoms with Gasteiger partial charge in [0.2, 0.25) is 5.91 Å². The predicted octanol–water partition coefficient (Wildman–Crippen LogP) is 1.77. The molecule has 3 fully saturated rings. The Bertz CT molecular complexity index is 764. The maximum atomic E-state index is 13.1. The summed E-state index contributed by atoms with van der Waals surface area (Å²) >= 11 is 0. The van der Waals surface area contributed by atoms with Crippen LogP contribution in [0.3, 0.4) is 0 Å². The van der Waals surface area contributed by atoms with Crippen molar-refractivity contribution in [3.63, 3.8) is 0 Å². The summed E-state index contributed by atoms with van der Waals surface area (Å²) in [7, 11) is 3.31. The second-order valence-electron chi connectivity index (χ2n) is 9.48. The van der Waals surface area contributed by atoms with E-state index in [4.69, 9.17) is 18.9 Å². The highest BCUT2D eigenvalue weighted by atomic mass is 16.5. The third kappa shape index (κ3) is 6.82. The van der Waals surface area contributed by atoms with Gasteiger partial charge in [-0.1, -0.05) is 6.07 Å². The van der Waals surface area contributed by atoms with Crippen LogP contribution in [0.4, 0.5) is 0 Å². The molecule has 1 amide bonds. The number of benzene rings is 1. The summed E-state index contributed by atoms with van der Waals surface area (Å²) in [4.78, 5) is 18.0. The summed E-state index contributed by atoms with van der Waals surface area (Å²) in [5.74, 6) is 2.08. The van der Waals surface area contributed by atoms with E-state index in [1.807, 2.05) is 12.1 Å². The zero-order valence-electron chi connectivity index (χ0n) is 20.1. The van der Waals surface area contributed by atoms with Gasteiger partial charge in [0.05, 0.1) is 39.5 Å². The lowest BCUT2D eigenvalue weighted by Crippen LogP contribution is -2.50. The Kier molecular flexibility index (Phi) is 8.83. The number of carbonyl (C=O) groups excluding carboxylic acids is 1. The minimum atomic E-state index is -0.00802. The Balaban J connectivity index is 1.41. The number of nitrogens with one attached hydrogen (secondary N) is 1. The summed E-state index contributed by atoms with van der Waals surface area (Å²) in [6.45, 7) is 8.54. The van der Waals surface area contributed by atoms with Crippen molar-refractivity contribution >= 4 is 5.91 Å². The molecule has 0 radical (unpaired) electrons. The van der Waals surface area contributed by atoms with E-state index < -0.39 is 0 Å². The van der Waals surface area contributed by atoms with E-state index in [0.717, 1.165) is 95.4 Å². The van der Waals surface area contributed by atoms with Crippen molar-refractivity contribution in [2.75, 3.05) is 73.3 Å². The summed E-state index contributed by atoms with van der Waals surface area (Å²) in [5, 5.41) is 3.18. The fraction of sp³-hybridized carbons (Fsp3) is 0.720. The van der Waals surface area contributed by atoms with Crippen molar-refractivity contribution in [2.24, 2.45) is 11.8 Å². The average molecular weight is 462 g/mol. The number of likely N-dealkylation sites (tertiary alicyclic amines) is 1. The van der Waals surface area contributed by atoms with E-state index in [1.54, 1.807) is 14.2 Å². The van der Waals surface area contributed by atoms with Crippen LogP contribution in [0.1, 0.15) is 24.8 Å². The molecular weight excluding hydrogens is 422 g/mol. The molecule has 0 aromatic heterocycles. The molecule has 3 aliphatic rings.